The summed E-state index contributed by atoms with van der Waals surface area (Å²) in [5.74, 6) is 0.939. The number of nitrogens with zero attached hydrogens (tertiary/aromatic N) is 1. The number of morpholine rings is 1. The molecule has 0 amide bonds. The van der Waals surface area contributed by atoms with E-state index >= 15 is 0 Å². The van der Waals surface area contributed by atoms with Crippen molar-refractivity contribution in [3.8, 4) is 0 Å². The smallest absolute Gasteiger partial charge is 0.130 e. The Labute approximate surface area is 161 Å². The number of rotatable bonds is 4. The zero-order valence-electron chi connectivity index (χ0n) is 15.6. The van der Waals surface area contributed by atoms with Crippen LogP contribution < -0.4 is 0 Å². The van der Waals surface area contributed by atoms with Gasteiger partial charge in [-0.1, -0.05) is 66.4 Å². The van der Waals surface area contributed by atoms with Crippen LogP contribution in [0.4, 0.5) is 0 Å². The summed E-state index contributed by atoms with van der Waals surface area (Å²) in [6.07, 6.45) is 4.32. The topological polar surface area (TPSA) is 21.7 Å². The maximum atomic E-state index is 6.02. The number of hydrogen-bond acceptors (Lipinski definition) is 3. The number of benzene rings is 2. The van der Waals surface area contributed by atoms with Gasteiger partial charge >= 0.3 is 0 Å². The van der Waals surface area contributed by atoms with Crippen molar-refractivity contribution >= 4 is 11.3 Å². The molecule has 2 aromatic rings. The number of ether oxygens (including phenoxy) is 2. The Bertz CT molecular complexity index is 842. The van der Waals surface area contributed by atoms with E-state index in [1.54, 1.807) is 0 Å². The van der Waals surface area contributed by atoms with Crippen molar-refractivity contribution in [2.75, 3.05) is 32.9 Å². The van der Waals surface area contributed by atoms with E-state index in [4.69, 9.17) is 9.47 Å². The van der Waals surface area contributed by atoms with Gasteiger partial charge in [0.15, 0.2) is 0 Å². The molecule has 0 unspecified atom stereocenters. The van der Waals surface area contributed by atoms with Crippen molar-refractivity contribution < 1.29 is 9.47 Å². The minimum atomic E-state index is 0.748. The fraction of sp³-hybridized carbons (Fsp3) is 0.292. The third-order valence-corrected chi connectivity index (χ3v) is 4.86. The fourth-order valence-electron chi connectivity index (χ4n) is 3.45. The van der Waals surface area contributed by atoms with Crippen LogP contribution in [0.15, 0.2) is 78.2 Å². The van der Waals surface area contributed by atoms with Crippen molar-refractivity contribution in [1.29, 1.82) is 0 Å². The summed E-state index contributed by atoms with van der Waals surface area (Å²) >= 11 is 0. The van der Waals surface area contributed by atoms with E-state index < -0.39 is 0 Å². The largest absolute Gasteiger partial charge is 0.493 e. The van der Waals surface area contributed by atoms with Gasteiger partial charge in [-0.2, -0.15) is 0 Å². The Balaban J connectivity index is 1.90. The van der Waals surface area contributed by atoms with Gasteiger partial charge in [0.05, 0.1) is 31.1 Å². The van der Waals surface area contributed by atoms with Crippen LogP contribution in [0.2, 0.25) is 0 Å². The maximum absolute atomic E-state index is 6.02. The molecular weight excluding hydrogens is 334 g/mol. The minimum absolute atomic E-state index is 0.748. The molecule has 4 rings (SSSR count). The van der Waals surface area contributed by atoms with Crippen LogP contribution in [0.25, 0.3) is 11.3 Å². The molecule has 2 aliphatic heterocycles. The van der Waals surface area contributed by atoms with Crippen LogP contribution in [0, 0.1) is 0 Å². The molecule has 0 saturated carbocycles. The zero-order chi connectivity index (χ0) is 18.3. The Kier molecular flexibility index (Phi) is 5.73. The predicted octanol–water partition coefficient (Wildman–Crippen LogP) is 4.74. The molecule has 1 fully saturated rings. The van der Waals surface area contributed by atoms with Gasteiger partial charge in [0.25, 0.3) is 0 Å². The second-order valence-electron chi connectivity index (χ2n) is 6.74. The molecule has 0 aromatic heterocycles. The quantitative estimate of drug-likeness (QED) is 0.736. The van der Waals surface area contributed by atoms with Crippen LogP contribution in [0.3, 0.4) is 0 Å². The first-order valence-electron chi connectivity index (χ1n) is 9.69. The van der Waals surface area contributed by atoms with Crippen molar-refractivity contribution in [3.05, 3.63) is 89.4 Å². The lowest BCUT2D eigenvalue weighted by Crippen LogP contribution is -2.34. The van der Waals surface area contributed by atoms with Crippen molar-refractivity contribution in [3.63, 3.8) is 0 Å². The second-order valence-corrected chi connectivity index (χ2v) is 6.74. The molecule has 0 bridgehead atoms. The van der Waals surface area contributed by atoms with E-state index in [1.165, 1.54) is 5.56 Å². The Morgan fingerprint density at radius 1 is 0.815 bits per heavy atom. The summed E-state index contributed by atoms with van der Waals surface area (Å²) in [6.45, 7) is 4.01. The number of allylic oxidation sites excluding steroid dienone is 2. The van der Waals surface area contributed by atoms with E-state index in [2.05, 4.69) is 71.3 Å². The molecular formula is C24H25NO2. The zero-order valence-corrected chi connectivity index (χ0v) is 15.6. The van der Waals surface area contributed by atoms with Crippen LogP contribution >= 0.6 is 0 Å². The molecule has 27 heavy (non-hydrogen) atoms. The first kappa shape index (κ1) is 17.7. The summed E-state index contributed by atoms with van der Waals surface area (Å²) < 4.78 is 11.6. The molecule has 3 heteroatoms. The normalized spacial score (nSPS) is 16.7. The van der Waals surface area contributed by atoms with Crippen molar-refractivity contribution in [2.45, 2.75) is 12.8 Å². The van der Waals surface area contributed by atoms with Crippen molar-refractivity contribution in [2.24, 2.45) is 0 Å². The predicted molar refractivity (Wildman–Crippen MR) is 109 cm³/mol. The molecule has 2 aliphatic rings. The highest BCUT2D eigenvalue weighted by Gasteiger charge is 2.18. The summed E-state index contributed by atoms with van der Waals surface area (Å²) in [5, 5.41) is 0. The standard InChI is InChI=1S/C24H25NO2/c1-3-9-20(10-4-1)22(24-13-7-8-16-27-24)19-23(21-11-5-2-6-12-21)25-14-17-26-18-15-25/h1-6,9-13H,7-8,14-18H2. The van der Waals surface area contributed by atoms with Gasteiger partial charge in [0, 0.05) is 18.7 Å². The Morgan fingerprint density at radius 3 is 2.11 bits per heavy atom. The molecule has 138 valence electrons. The SMILES string of the molecule is C(=C(C1=CCCCO1)c1ccccc1)=C(c1ccccc1)N1CCOCC1. The average molecular weight is 359 g/mol. The van der Waals surface area contributed by atoms with Gasteiger partial charge in [-0.15, -0.1) is 0 Å². The van der Waals surface area contributed by atoms with Crippen molar-refractivity contribution in [1.82, 2.24) is 4.90 Å². The van der Waals surface area contributed by atoms with E-state index in [1.807, 2.05) is 6.07 Å². The third kappa shape index (κ3) is 4.33. The highest BCUT2D eigenvalue weighted by Crippen LogP contribution is 2.29. The van der Waals surface area contributed by atoms with Gasteiger partial charge in [-0.25, -0.2) is 0 Å². The van der Waals surface area contributed by atoms with Crippen LogP contribution in [0.1, 0.15) is 24.0 Å². The first-order chi connectivity index (χ1) is 13.4. The Hall–Kier alpha value is -2.74. The van der Waals surface area contributed by atoms with E-state index in [0.717, 1.165) is 68.3 Å². The molecule has 0 N–H and O–H groups in total. The van der Waals surface area contributed by atoms with Gasteiger partial charge in [0.1, 0.15) is 5.76 Å². The summed E-state index contributed by atoms with van der Waals surface area (Å²) in [5.41, 5.74) is 8.17. The fourth-order valence-corrected chi connectivity index (χ4v) is 3.45. The van der Waals surface area contributed by atoms with E-state index in [-0.39, 0.29) is 0 Å². The highest BCUT2D eigenvalue weighted by atomic mass is 16.5. The van der Waals surface area contributed by atoms with Gasteiger partial charge in [0.2, 0.25) is 0 Å². The van der Waals surface area contributed by atoms with Crippen LogP contribution in [-0.4, -0.2) is 37.8 Å². The van der Waals surface area contributed by atoms with E-state index in [9.17, 15) is 0 Å². The first-order valence-corrected chi connectivity index (χ1v) is 9.69. The molecule has 2 heterocycles. The molecule has 3 nitrogen and oxygen atoms in total. The summed E-state index contributed by atoms with van der Waals surface area (Å²) in [6, 6.07) is 20.9. The van der Waals surface area contributed by atoms with Crippen LogP contribution in [-0.2, 0) is 9.47 Å². The maximum Gasteiger partial charge on any atom is 0.130 e. The molecule has 0 aliphatic carbocycles. The number of hydrogen-bond donors (Lipinski definition) is 0. The summed E-state index contributed by atoms with van der Waals surface area (Å²) in [4.78, 5) is 2.37. The highest BCUT2D eigenvalue weighted by molar-refractivity contribution is 5.82. The monoisotopic (exact) mass is 359 g/mol. The second kappa shape index (κ2) is 8.77. The lowest BCUT2D eigenvalue weighted by atomic mass is 10.0. The molecule has 0 radical (unpaired) electrons. The molecule has 1 saturated heterocycles. The molecule has 2 aromatic carbocycles. The average Bonchev–Trinajstić information content (AvgIpc) is 2.77. The lowest BCUT2D eigenvalue weighted by molar-refractivity contribution is 0.0640. The molecule has 0 spiro atoms. The van der Waals surface area contributed by atoms with E-state index in [0.29, 0.717) is 0 Å². The Morgan fingerprint density at radius 2 is 1.48 bits per heavy atom. The molecule has 0 atom stereocenters. The lowest BCUT2D eigenvalue weighted by Gasteiger charge is -2.30. The van der Waals surface area contributed by atoms with Crippen LogP contribution in [0.5, 0.6) is 0 Å². The summed E-state index contributed by atoms with van der Waals surface area (Å²) in [7, 11) is 0. The third-order valence-electron chi connectivity index (χ3n) is 4.86. The van der Waals surface area contributed by atoms with Gasteiger partial charge in [-0.3, -0.25) is 0 Å². The van der Waals surface area contributed by atoms with Gasteiger partial charge < -0.3 is 14.4 Å². The minimum Gasteiger partial charge on any atom is -0.493 e. The van der Waals surface area contributed by atoms with Gasteiger partial charge in [-0.05, 0) is 24.5 Å².